The number of carbonyl (C=O) groups is 3. The second-order valence-corrected chi connectivity index (χ2v) is 5.09. The molecule has 2 saturated carbocycles. The van der Waals surface area contributed by atoms with Crippen LogP contribution in [0.4, 0.5) is 0 Å². The summed E-state index contributed by atoms with van der Waals surface area (Å²) in [4.78, 5) is 35.4. The summed E-state index contributed by atoms with van der Waals surface area (Å²) in [6.45, 7) is 0. The van der Waals surface area contributed by atoms with Gasteiger partial charge in [-0.2, -0.15) is 0 Å². The number of ether oxygens (including phenoxy) is 3. The van der Waals surface area contributed by atoms with Crippen LogP contribution < -0.4 is 0 Å². The number of esters is 3. The first kappa shape index (κ1) is 11.5. The molecule has 18 heavy (non-hydrogen) atoms. The summed E-state index contributed by atoms with van der Waals surface area (Å²) in [6, 6.07) is 0. The number of hydrogen-bond donors (Lipinski definition) is 0. The van der Waals surface area contributed by atoms with Crippen LogP contribution >= 0.6 is 0 Å². The Hall–Kier alpha value is -1.59. The van der Waals surface area contributed by atoms with Crippen molar-refractivity contribution in [1.82, 2.24) is 0 Å². The molecule has 0 aromatic carbocycles. The minimum Gasteiger partial charge on any atom is -0.469 e. The van der Waals surface area contributed by atoms with Crippen LogP contribution in [0.1, 0.15) is 6.42 Å². The van der Waals surface area contributed by atoms with E-state index >= 15 is 0 Å². The monoisotopic (exact) mass is 254 g/mol. The Labute approximate surface area is 104 Å². The van der Waals surface area contributed by atoms with Crippen LogP contribution in [0.3, 0.4) is 0 Å². The maximum Gasteiger partial charge on any atom is 0.312 e. The van der Waals surface area contributed by atoms with E-state index in [2.05, 4.69) is 0 Å². The van der Waals surface area contributed by atoms with E-state index in [1.165, 1.54) is 14.2 Å². The van der Waals surface area contributed by atoms with Crippen LogP contribution in [0.25, 0.3) is 0 Å². The van der Waals surface area contributed by atoms with Gasteiger partial charge in [-0.3, -0.25) is 14.4 Å². The van der Waals surface area contributed by atoms with Gasteiger partial charge in [0.15, 0.2) is 0 Å². The van der Waals surface area contributed by atoms with E-state index in [1.807, 2.05) is 0 Å². The zero-order valence-electron chi connectivity index (χ0n) is 10.1. The van der Waals surface area contributed by atoms with Crippen molar-refractivity contribution < 1.29 is 28.6 Å². The predicted molar refractivity (Wildman–Crippen MR) is 56.0 cm³/mol. The van der Waals surface area contributed by atoms with Gasteiger partial charge in [-0.1, -0.05) is 0 Å². The third kappa shape index (κ3) is 1.20. The molecule has 2 bridgehead atoms. The third-order valence-electron chi connectivity index (χ3n) is 4.56. The lowest BCUT2D eigenvalue weighted by Crippen LogP contribution is -2.41. The molecule has 3 fully saturated rings. The molecular formula is C12H14O6. The Morgan fingerprint density at radius 2 is 1.72 bits per heavy atom. The van der Waals surface area contributed by atoms with Gasteiger partial charge in [0, 0.05) is 5.92 Å². The van der Waals surface area contributed by atoms with Crippen molar-refractivity contribution in [3.8, 4) is 0 Å². The molecule has 1 saturated heterocycles. The fourth-order valence-corrected chi connectivity index (χ4v) is 3.96. The lowest BCUT2D eigenvalue weighted by molar-refractivity contribution is -0.156. The highest BCUT2D eigenvalue weighted by atomic mass is 16.6. The molecule has 0 aromatic rings. The predicted octanol–water partition coefficient (Wildman–Crippen LogP) is -0.244. The molecule has 6 unspecified atom stereocenters. The van der Waals surface area contributed by atoms with E-state index in [1.54, 1.807) is 0 Å². The van der Waals surface area contributed by atoms with Crippen LogP contribution in [-0.2, 0) is 28.6 Å². The highest BCUT2D eigenvalue weighted by Crippen LogP contribution is 2.60. The summed E-state index contributed by atoms with van der Waals surface area (Å²) < 4.78 is 14.8. The van der Waals surface area contributed by atoms with Gasteiger partial charge in [-0.25, -0.2) is 0 Å². The fraction of sp³-hybridized carbons (Fsp3) is 0.750. The Morgan fingerprint density at radius 3 is 2.33 bits per heavy atom. The van der Waals surface area contributed by atoms with Gasteiger partial charge in [0.1, 0.15) is 6.10 Å². The van der Waals surface area contributed by atoms with Gasteiger partial charge < -0.3 is 14.2 Å². The molecule has 3 aliphatic rings. The molecule has 0 aromatic heterocycles. The minimum absolute atomic E-state index is 0.0456. The van der Waals surface area contributed by atoms with Crippen LogP contribution in [0.2, 0.25) is 0 Å². The number of methoxy groups -OCH3 is 2. The zero-order valence-corrected chi connectivity index (χ0v) is 10.1. The van der Waals surface area contributed by atoms with E-state index in [0.29, 0.717) is 6.42 Å². The second kappa shape index (κ2) is 3.70. The molecule has 0 N–H and O–H groups in total. The van der Waals surface area contributed by atoms with Crippen molar-refractivity contribution >= 4 is 17.9 Å². The summed E-state index contributed by atoms with van der Waals surface area (Å²) in [5.41, 5.74) is 0. The first-order valence-corrected chi connectivity index (χ1v) is 5.96. The smallest absolute Gasteiger partial charge is 0.312 e. The molecule has 0 spiro atoms. The first-order valence-electron chi connectivity index (χ1n) is 5.96. The summed E-state index contributed by atoms with van der Waals surface area (Å²) in [7, 11) is 2.59. The molecule has 98 valence electrons. The van der Waals surface area contributed by atoms with Gasteiger partial charge in [0.2, 0.25) is 0 Å². The number of fused-ring (bicyclic) bond motifs is 1. The van der Waals surface area contributed by atoms with E-state index in [9.17, 15) is 14.4 Å². The zero-order chi connectivity index (χ0) is 13.0. The van der Waals surface area contributed by atoms with E-state index in [0.717, 1.165) is 0 Å². The van der Waals surface area contributed by atoms with Crippen LogP contribution in [0, 0.1) is 29.6 Å². The van der Waals surface area contributed by atoms with E-state index in [-0.39, 0.29) is 17.8 Å². The van der Waals surface area contributed by atoms with Gasteiger partial charge in [0.25, 0.3) is 0 Å². The summed E-state index contributed by atoms with van der Waals surface area (Å²) in [5, 5.41) is 0. The minimum atomic E-state index is -0.560. The molecule has 6 atom stereocenters. The molecule has 2 aliphatic carbocycles. The van der Waals surface area contributed by atoms with Crippen molar-refractivity contribution in [2.24, 2.45) is 29.6 Å². The number of rotatable bonds is 2. The van der Waals surface area contributed by atoms with Crippen LogP contribution in [-0.4, -0.2) is 38.2 Å². The number of carbonyl (C=O) groups excluding carboxylic acids is 3. The fourth-order valence-electron chi connectivity index (χ4n) is 3.96. The Morgan fingerprint density at radius 1 is 1.11 bits per heavy atom. The van der Waals surface area contributed by atoms with Crippen LogP contribution in [0.5, 0.6) is 0 Å². The summed E-state index contributed by atoms with van der Waals surface area (Å²) >= 11 is 0. The average Bonchev–Trinajstić information content (AvgIpc) is 2.96. The highest BCUT2D eigenvalue weighted by molar-refractivity contribution is 5.88. The van der Waals surface area contributed by atoms with Gasteiger partial charge >= 0.3 is 17.9 Å². The van der Waals surface area contributed by atoms with Gasteiger partial charge in [-0.15, -0.1) is 0 Å². The van der Waals surface area contributed by atoms with Gasteiger partial charge in [0.05, 0.1) is 32.0 Å². The Bertz CT molecular complexity index is 430. The lowest BCUT2D eigenvalue weighted by atomic mass is 9.74. The van der Waals surface area contributed by atoms with E-state index in [4.69, 9.17) is 14.2 Å². The molecule has 1 heterocycles. The number of hydrogen-bond acceptors (Lipinski definition) is 6. The van der Waals surface area contributed by atoms with Crippen molar-refractivity contribution in [3.63, 3.8) is 0 Å². The summed E-state index contributed by atoms with van der Waals surface area (Å²) in [5.74, 6) is -2.98. The third-order valence-corrected chi connectivity index (χ3v) is 4.56. The van der Waals surface area contributed by atoms with Crippen molar-refractivity contribution in [2.45, 2.75) is 12.5 Å². The Balaban J connectivity index is 1.97. The maximum atomic E-state index is 11.8. The van der Waals surface area contributed by atoms with Crippen molar-refractivity contribution in [2.75, 3.05) is 14.2 Å². The standard InChI is InChI=1S/C12H14O6/c1-16-10(13)6-4-3-5-7(6)12(15)18-9(5)8(4)11(14)17-2/h4-9H,3H2,1-2H3. The second-order valence-electron chi connectivity index (χ2n) is 5.09. The van der Waals surface area contributed by atoms with Crippen molar-refractivity contribution in [1.29, 1.82) is 0 Å². The molecule has 1 aliphatic heterocycles. The molecule has 0 radical (unpaired) electrons. The quantitative estimate of drug-likeness (QED) is 0.499. The SMILES string of the molecule is COC(=O)C1C2CC3C1OC(=O)C3C2C(=O)OC. The maximum absolute atomic E-state index is 11.8. The largest absolute Gasteiger partial charge is 0.469 e. The molecule has 6 nitrogen and oxygen atoms in total. The highest BCUT2D eigenvalue weighted by Gasteiger charge is 2.70. The molecule has 6 heteroatoms. The van der Waals surface area contributed by atoms with Gasteiger partial charge in [-0.05, 0) is 12.3 Å². The molecule has 3 rings (SSSR count). The lowest BCUT2D eigenvalue weighted by Gasteiger charge is -2.28. The first-order chi connectivity index (χ1) is 8.60. The van der Waals surface area contributed by atoms with E-state index < -0.39 is 35.8 Å². The summed E-state index contributed by atoms with van der Waals surface area (Å²) in [6.07, 6.45) is 0.238. The van der Waals surface area contributed by atoms with Crippen LogP contribution in [0.15, 0.2) is 0 Å². The topological polar surface area (TPSA) is 78.9 Å². The average molecular weight is 254 g/mol. The van der Waals surface area contributed by atoms with Crippen molar-refractivity contribution in [3.05, 3.63) is 0 Å². The molecule has 0 amide bonds. The molecular weight excluding hydrogens is 240 g/mol. The Kier molecular flexibility index (Phi) is 2.36. The normalized spacial score (nSPS) is 43.8.